The summed E-state index contributed by atoms with van der Waals surface area (Å²) < 4.78 is 0. The molecule has 0 aliphatic heterocycles. The van der Waals surface area contributed by atoms with Crippen LogP contribution in [0, 0.1) is 0 Å². The Morgan fingerprint density at radius 2 is 0.875 bits per heavy atom. The van der Waals surface area contributed by atoms with Crippen molar-refractivity contribution in [3.63, 3.8) is 0 Å². The second kappa shape index (κ2) is 22.8. The van der Waals surface area contributed by atoms with E-state index in [9.17, 15) is 58.8 Å². The van der Waals surface area contributed by atoms with Crippen LogP contribution in [0.15, 0.2) is 0 Å². The average Bonchev–Trinajstić information content (AvgIpc) is 2.98. The Morgan fingerprint density at radius 1 is 0.562 bits per heavy atom. The summed E-state index contributed by atoms with van der Waals surface area (Å²) >= 11 is 0. The van der Waals surface area contributed by atoms with E-state index in [2.05, 4.69) is 21.3 Å². The number of hydrogen-bond donors (Lipinski definition) is 12. The van der Waals surface area contributed by atoms with Crippen LogP contribution in [0.2, 0.25) is 0 Å². The van der Waals surface area contributed by atoms with E-state index < -0.39 is 96.0 Å². The molecule has 0 aromatic rings. The maximum atomic E-state index is 12.9. The molecule has 0 aliphatic carbocycles. The molecule has 0 saturated heterocycles. The zero-order valence-electron chi connectivity index (χ0n) is 26.2. The SMILES string of the molecule is CC(O)[C@@H](NC(=O)C(CSSCC(NC(=O)CCC[C@H](N)C(=O)O)C(=O)N[C@@H](C(=O)O)C(C)O)NC(=O)CCC[C@H](N)C(=O)O)C(=O)O. The second-order valence-electron chi connectivity index (χ2n) is 10.6. The van der Waals surface area contributed by atoms with Gasteiger partial charge in [-0.3, -0.25) is 28.8 Å². The highest BCUT2D eigenvalue weighted by Gasteiger charge is 2.32. The van der Waals surface area contributed by atoms with Gasteiger partial charge >= 0.3 is 23.9 Å². The van der Waals surface area contributed by atoms with E-state index in [-0.39, 0.29) is 50.0 Å². The zero-order valence-corrected chi connectivity index (χ0v) is 27.8. The quantitative estimate of drug-likeness (QED) is 0.0319. The van der Waals surface area contributed by atoms with E-state index in [1.807, 2.05) is 0 Å². The first-order chi connectivity index (χ1) is 22.3. The highest BCUT2D eigenvalue weighted by molar-refractivity contribution is 8.76. The maximum absolute atomic E-state index is 12.9. The van der Waals surface area contributed by atoms with E-state index in [0.29, 0.717) is 0 Å². The second-order valence-corrected chi connectivity index (χ2v) is 13.2. The third kappa shape index (κ3) is 18.0. The van der Waals surface area contributed by atoms with Crippen molar-refractivity contribution in [2.24, 2.45) is 11.5 Å². The van der Waals surface area contributed by atoms with Crippen molar-refractivity contribution in [3.05, 3.63) is 0 Å². The lowest BCUT2D eigenvalue weighted by Gasteiger charge is -2.24. The largest absolute Gasteiger partial charge is 0.480 e. The lowest BCUT2D eigenvalue weighted by molar-refractivity contribution is -0.145. The number of carboxylic acid groups (broad SMARTS) is 4. The number of aliphatic carboxylic acids is 4. The molecule has 0 aromatic carbocycles. The van der Waals surface area contributed by atoms with Crippen LogP contribution in [0.1, 0.15) is 52.4 Å². The number of carbonyl (C=O) groups excluding carboxylic acids is 4. The van der Waals surface area contributed by atoms with Crippen LogP contribution < -0.4 is 32.7 Å². The van der Waals surface area contributed by atoms with E-state index in [1.54, 1.807) is 0 Å². The van der Waals surface area contributed by atoms with Gasteiger partial charge in [0.25, 0.3) is 0 Å². The third-order valence-corrected chi connectivity index (χ3v) is 8.84. The Balaban J connectivity index is 5.67. The van der Waals surface area contributed by atoms with Crippen molar-refractivity contribution in [1.29, 1.82) is 0 Å². The first-order valence-electron chi connectivity index (χ1n) is 14.5. The van der Waals surface area contributed by atoms with Crippen LogP contribution in [-0.2, 0) is 38.4 Å². The minimum atomic E-state index is -1.73. The molecule has 0 heterocycles. The molecule has 48 heavy (non-hydrogen) atoms. The molecular weight excluding hydrogens is 684 g/mol. The van der Waals surface area contributed by atoms with Crippen LogP contribution in [0.3, 0.4) is 0 Å². The molecule has 20 nitrogen and oxygen atoms in total. The van der Waals surface area contributed by atoms with Crippen LogP contribution in [0.4, 0.5) is 0 Å². The van der Waals surface area contributed by atoms with Gasteiger partial charge < -0.3 is 63.4 Å². The van der Waals surface area contributed by atoms with Gasteiger partial charge in [0, 0.05) is 24.3 Å². The number of amides is 4. The first-order valence-corrected chi connectivity index (χ1v) is 17.0. The summed E-state index contributed by atoms with van der Waals surface area (Å²) in [5, 5.41) is 64.9. The minimum Gasteiger partial charge on any atom is -0.480 e. The smallest absolute Gasteiger partial charge is 0.328 e. The number of nitrogens with two attached hydrogens (primary N) is 2. The molecular formula is C26H44N6O14S2. The third-order valence-electron chi connectivity index (χ3n) is 6.42. The molecule has 14 N–H and O–H groups in total. The minimum absolute atomic E-state index is 0.0451. The van der Waals surface area contributed by atoms with E-state index in [4.69, 9.17) is 21.7 Å². The molecule has 0 saturated carbocycles. The van der Waals surface area contributed by atoms with Gasteiger partial charge in [0.1, 0.15) is 24.2 Å². The summed E-state index contributed by atoms with van der Waals surface area (Å²) in [6, 6.07) is -8.68. The number of aliphatic hydroxyl groups is 2. The van der Waals surface area contributed by atoms with Gasteiger partial charge in [0.15, 0.2) is 12.1 Å². The van der Waals surface area contributed by atoms with Gasteiger partial charge in [-0.1, -0.05) is 21.6 Å². The fraction of sp³-hybridized carbons (Fsp3) is 0.692. The fourth-order valence-electron chi connectivity index (χ4n) is 3.63. The zero-order chi connectivity index (χ0) is 37.1. The van der Waals surface area contributed by atoms with Crippen molar-refractivity contribution in [3.8, 4) is 0 Å². The number of hydrogen-bond acceptors (Lipinski definition) is 14. The summed E-state index contributed by atoms with van der Waals surface area (Å²) in [5.74, 6) is -9.53. The standard InChI is InChI=1S/C26H44N6O14S2/c1-11(33)19(25(43)44)31-21(37)15(29-17(35)7-3-5-13(27)23(39)40)9-47-48-10-16(22(38)32-20(12(2)34)26(45)46)30-18(36)8-4-6-14(28)24(41)42/h11-16,19-20,33-34H,3-10,27-28H2,1-2H3,(H,29,35)(H,30,36)(H,31,37)(H,32,38)(H,39,40)(H,41,42)(H,43,44)(H,45,46)/t11?,12?,13-,14-,15?,16?,19+,20+/m0/s1. The molecule has 8 atom stereocenters. The molecule has 4 amide bonds. The number of rotatable bonds is 25. The summed E-state index contributed by atoms with van der Waals surface area (Å²) in [6.07, 6.45) is -3.50. The predicted molar refractivity (Wildman–Crippen MR) is 170 cm³/mol. The molecule has 0 fully saturated rings. The topological polar surface area (TPSA) is 358 Å². The Kier molecular flexibility index (Phi) is 21.0. The molecule has 0 aromatic heterocycles. The number of aliphatic hydroxyl groups excluding tert-OH is 2. The summed E-state index contributed by atoms with van der Waals surface area (Å²) in [5.41, 5.74) is 10.8. The molecule has 4 unspecified atom stereocenters. The van der Waals surface area contributed by atoms with Gasteiger partial charge in [-0.2, -0.15) is 0 Å². The van der Waals surface area contributed by atoms with Crippen molar-refractivity contribution in [2.75, 3.05) is 11.5 Å². The van der Waals surface area contributed by atoms with Crippen LogP contribution in [-0.4, -0.2) is 138 Å². The van der Waals surface area contributed by atoms with Crippen LogP contribution >= 0.6 is 21.6 Å². The summed E-state index contributed by atoms with van der Waals surface area (Å²) in [6.45, 7) is 2.24. The van der Waals surface area contributed by atoms with E-state index in [1.165, 1.54) is 0 Å². The molecule has 0 radical (unpaired) electrons. The van der Waals surface area contributed by atoms with E-state index >= 15 is 0 Å². The van der Waals surface area contributed by atoms with Crippen molar-refractivity contribution in [1.82, 2.24) is 21.3 Å². The van der Waals surface area contributed by atoms with Crippen molar-refractivity contribution < 1.29 is 69.0 Å². The number of carbonyl (C=O) groups is 8. The van der Waals surface area contributed by atoms with Gasteiger partial charge in [-0.25, -0.2) is 9.59 Å². The monoisotopic (exact) mass is 728 g/mol. The number of carboxylic acids is 4. The highest BCUT2D eigenvalue weighted by Crippen LogP contribution is 2.24. The van der Waals surface area contributed by atoms with Gasteiger partial charge in [-0.05, 0) is 39.5 Å². The maximum Gasteiger partial charge on any atom is 0.328 e. The fourth-order valence-corrected chi connectivity index (χ4v) is 5.96. The van der Waals surface area contributed by atoms with Crippen molar-refractivity contribution in [2.45, 2.75) is 101 Å². The Labute approximate surface area is 282 Å². The van der Waals surface area contributed by atoms with E-state index in [0.717, 1.165) is 35.4 Å². The van der Waals surface area contributed by atoms with Gasteiger partial charge in [0.05, 0.1) is 12.2 Å². The lowest BCUT2D eigenvalue weighted by atomic mass is 10.1. The highest BCUT2D eigenvalue weighted by atomic mass is 33.1. The van der Waals surface area contributed by atoms with Crippen LogP contribution in [0.25, 0.3) is 0 Å². The predicted octanol–water partition coefficient (Wildman–Crippen LogP) is -3.60. The Bertz CT molecular complexity index is 1060. The Morgan fingerprint density at radius 3 is 1.12 bits per heavy atom. The van der Waals surface area contributed by atoms with Crippen LogP contribution in [0.5, 0.6) is 0 Å². The first kappa shape index (κ1) is 44.3. The van der Waals surface area contributed by atoms with Gasteiger partial charge in [-0.15, -0.1) is 0 Å². The molecule has 0 rings (SSSR count). The molecule has 0 aliphatic rings. The Hall–Kier alpha value is -3.70. The molecule has 22 heteroatoms. The number of nitrogens with one attached hydrogen (secondary N) is 4. The lowest BCUT2D eigenvalue weighted by Crippen LogP contribution is -2.55. The summed E-state index contributed by atoms with van der Waals surface area (Å²) in [7, 11) is 1.78. The van der Waals surface area contributed by atoms with Crippen molar-refractivity contribution >= 4 is 69.1 Å². The normalized spacial score (nSPS) is 16.0. The van der Waals surface area contributed by atoms with Gasteiger partial charge in [0.2, 0.25) is 23.6 Å². The molecule has 0 spiro atoms. The molecule has 274 valence electrons. The average molecular weight is 729 g/mol. The summed E-state index contributed by atoms with van der Waals surface area (Å²) in [4.78, 5) is 95.6. The molecule has 0 bridgehead atoms.